The van der Waals surface area contributed by atoms with Crippen molar-refractivity contribution in [2.45, 2.75) is 72.1 Å². The highest BCUT2D eigenvalue weighted by Gasteiger charge is 2.36. The van der Waals surface area contributed by atoms with E-state index in [-0.39, 0.29) is 25.5 Å². The fourth-order valence-corrected chi connectivity index (χ4v) is 3.47. The first-order chi connectivity index (χ1) is 16.9. The van der Waals surface area contributed by atoms with Gasteiger partial charge in [-0.15, -0.1) is 6.42 Å². The summed E-state index contributed by atoms with van der Waals surface area (Å²) in [4.78, 5) is 52.5. The number of likely N-dealkylation sites (N-methyl/N-ethyl adjacent to an activating group) is 1. The summed E-state index contributed by atoms with van der Waals surface area (Å²) in [6.45, 7) is 10.9. The lowest BCUT2D eigenvalue weighted by Gasteiger charge is -2.34. The van der Waals surface area contributed by atoms with Gasteiger partial charge < -0.3 is 25.0 Å². The average molecular weight is 502 g/mol. The van der Waals surface area contributed by atoms with Crippen molar-refractivity contribution in [3.63, 3.8) is 0 Å². The molecule has 1 aromatic carbocycles. The van der Waals surface area contributed by atoms with Crippen LogP contribution in [0.4, 0.5) is 4.79 Å². The number of carbonyl (C=O) groups is 4. The van der Waals surface area contributed by atoms with Crippen molar-refractivity contribution >= 4 is 23.9 Å². The van der Waals surface area contributed by atoms with Crippen LogP contribution in [0.5, 0.6) is 0 Å². The summed E-state index contributed by atoms with van der Waals surface area (Å²) in [6, 6.07) is 4.77. The maximum Gasteiger partial charge on any atom is 0.408 e. The van der Waals surface area contributed by atoms with E-state index >= 15 is 0 Å². The molecule has 0 aliphatic rings. The molecule has 0 saturated heterocycles. The Labute approximate surface area is 214 Å². The Morgan fingerprint density at radius 1 is 1.14 bits per heavy atom. The summed E-state index contributed by atoms with van der Waals surface area (Å²) in [7, 11) is 1.48. The number of nitrogens with one attached hydrogen (secondary N) is 2. The van der Waals surface area contributed by atoms with Crippen LogP contribution in [-0.4, -0.2) is 60.6 Å². The monoisotopic (exact) mass is 501 g/mol. The number of hydrogen-bond donors (Lipinski definition) is 2. The highest BCUT2D eigenvalue weighted by atomic mass is 16.6. The number of amides is 3. The first-order valence-electron chi connectivity index (χ1n) is 12.1. The number of rotatable bonds is 11. The van der Waals surface area contributed by atoms with Crippen molar-refractivity contribution in [3.8, 4) is 12.3 Å². The lowest BCUT2D eigenvalue weighted by atomic mass is 9.94. The number of esters is 1. The Morgan fingerprint density at radius 2 is 1.78 bits per heavy atom. The predicted molar refractivity (Wildman–Crippen MR) is 137 cm³/mol. The van der Waals surface area contributed by atoms with Crippen molar-refractivity contribution in [2.24, 2.45) is 5.92 Å². The van der Waals surface area contributed by atoms with Crippen LogP contribution in [0.15, 0.2) is 24.3 Å². The van der Waals surface area contributed by atoms with E-state index in [4.69, 9.17) is 15.9 Å². The maximum atomic E-state index is 13.7. The molecule has 3 atom stereocenters. The largest absolute Gasteiger partial charge is 0.466 e. The van der Waals surface area contributed by atoms with Gasteiger partial charge in [0.1, 0.15) is 17.7 Å². The van der Waals surface area contributed by atoms with Gasteiger partial charge in [0.2, 0.25) is 11.8 Å². The molecule has 0 saturated carbocycles. The molecule has 0 bridgehead atoms. The molecule has 0 heterocycles. The van der Waals surface area contributed by atoms with E-state index in [1.165, 1.54) is 11.9 Å². The fraction of sp³-hybridized carbons (Fsp3) is 0.556. The Hall–Kier alpha value is -3.54. The molecule has 2 N–H and O–H groups in total. The number of alkyl carbamates (subject to hydrolysis) is 1. The SMILES string of the molecule is C#Cc1ccccc1C(C(=O)NCCC(=O)OCC)N(C)C(=O)C(NC(=O)OC(C)(C)C)C(C)CC. The molecule has 1 rings (SSSR count). The third-order valence-corrected chi connectivity index (χ3v) is 5.48. The molecule has 0 aromatic heterocycles. The number of nitrogens with zero attached hydrogens (tertiary/aromatic N) is 1. The van der Waals surface area contributed by atoms with Crippen molar-refractivity contribution in [2.75, 3.05) is 20.2 Å². The molecule has 3 amide bonds. The van der Waals surface area contributed by atoms with E-state index in [0.29, 0.717) is 17.5 Å². The summed E-state index contributed by atoms with van der Waals surface area (Å²) in [6.07, 6.45) is 5.52. The van der Waals surface area contributed by atoms with Crippen LogP contribution < -0.4 is 10.6 Å². The van der Waals surface area contributed by atoms with Gasteiger partial charge in [0.25, 0.3) is 0 Å². The van der Waals surface area contributed by atoms with E-state index in [2.05, 4.69) is 16.6 Å². The summed E-state index contributed by atoms with van der Waals surface area (Å²) in [5, 5.41) is 5.36. The number of benzene rings is 1. The third kappa shape index (κ3) is 9.25. The first kappa shape index (κ1) is 30.5. The standard InChI is InChI=1S/C27H39N3O6/c1-9-18(4)22(29-26(34)36-27(5,6)7)25(33)30(8)23(20-15-13-12-14-19(20)10-2)24(32)28-17-16-21(31)35-11-3/h2,12-15,18,22-23H,9,11,16-17H2,1,3-8H3,(H,28,32)(H,29,34). The molecule has 0 fully saturated rings. The molecule has 0 aliphatic carbocycles. The van der Waals surface area contributed by atoms with Gasteiger partial charge in [-0.3, -0.25) is 14.4 Å². The minimum atomic E-state index is -1.10. The molecule has 0 spiro atoms. The Kier molecular flexibility index (Phi) is 12.0. The second-order valence-electron chi connectivity index (χ2n) is 9.44. The summed E-state index contributed by atoms with van der Waals surface area (Å²) >= 11 is 0. The fourth-order valence-electron chi connectivity index (χ4n) is 3.47. The zero-order valence-electron chi connectivity index (χ0n) is 22.3. The number of hydrogen-bond acceptors (Lipinski definition) is 6. The molecular formula is C27H39N3O6. The smallest absolute Gasteiger partial charge is 0.408 e. The zero-order chi connectivity index (χ0) is 27.5. The highest BCUT2D eigenvalue weighted by molar-refractivity contribution is 5.92. The first-order valence-corrected chi connectivity index (χ1v) is 12.1. The summed E-state index contributed by atoms with van der Waals surface area (Å²) in [5.74, 6) is 0.870. The predicted octanol–water partition coefficient (Wildman–Crippen LogP) is 3.18. The van der Waals surface area contributed by atoms with Gasteiger partial charge in [0.05, 0.1) is 13.0 Å². The van der Waals surface area contributed by atoms with Gasteiger partial charge in [0, 0.05) is 19.2 Å². The molecule has 198 valence electrons. The molecule has 9 nitrogen and oxygen atoms in total. The van der Waals surface area contributed by atoms with Crippen molar-refractivity contribution < 1.29 is 28.7 Å². The number of ether oxygens (including phenoxy) is 2. The zero-order valence-corrected chi connectivity index (χ0v) is 22.3. The van der Waals surface area contributed by atoms with Gasteiger partial charge in [-0.25, -0.2) is 4.79 Å². The highest BCUT2D eigenvalue weighted by Crippen LogP contribution is 2.25. The molecule has 1 aromatic rings. The quantitative estimate of drug-likeness (QED) is 0.356. The number of terminal acetylenes is 1. The van der Waals surface area contributed by atoms with E-state index in [1.807, 2.05) is 13.8 Å². The van der Waals surface area contributed by atoms with Crippen LogP contribution >= 0.6 is 0 Å². The summed E-state index contributed by atoms with van der Waals surface area (Å²) in [5.41, 5.74) is 0.152. The minimum absolute atomic E-state index is 0.0174. The Morgan fingerprint density at radius 3 is 2.33 bits per heavy atom. The average Bonchev–Trinajstić information content (AvgIpc) is 2.81. The van der Waals surface area contributed by atoms with Gasteiger partial charge in [-0.1, -0.05) is 44.4 Å². The van der Waals surface area contributed by atoms with Gasteiger partial charge in [-0.2, -0.15) is 0 Å². The van der Waals surface area contributed by atoms with Gasteiger partial charge in [0.15, 0.2) is 0 Å². The molecule has 0 aliphatic heterocycles. The van der Waals surface area contributed by atoms with Crippen LogP contribution in [0.1, 0.15) is 71.6 Å². The second kappa shape index (κ2) is 14.1. The van der Waals surface area contributed by atoms with Crippen LogP contribution in [-0.2, 0) is 23.9 Å². The van der Waals surface area contributed by atoms with Crippen molar-refractivity contribution in [3.05, 3.63) is 35.4 Å². The molecule has 0 radical (unpaired) electrons. The lowest BCUT2D eigenvalue weighted by molar-refractivity contribution is -0.144. The van der Waals surface area contributed by atoms with Crippen LogP contribution in [0, 0.1) is 18.3 Å². The molecule has 9 heteroatoms. The van der Waals surface area contributed by atoms with Crippen molar-refractivity contribution in [1.29, 1.82) is 0 Å². The second-order valence-corrected chi connectivity index (χ2v) is 9.44. The molecule has 3 unspecified atom stereocenters. The Bertz CT molecular complexity index is 963. The normalized spacial score (nSPS) is 13.4. The topological polar surface area (TPSA) is 114 Å². The molecule has 36 heavy (non-hydrogen) atoms. The van der Waals surface area contributed by atoms with Crippen LogP contribution in [0.2, 0.25) is 0 Å². The van der Waals surface area contributed by atoms with Crippen LogP contribution in [0.3, 0.4) is 0 Å². The Balaban J connectivity index is 3.29. The van der Waals surface area contributed by atoms with Crippen LogP contribution in [0.25, 0.3) is 0 Å². The number of carbonyl (C=O) groups excluding carboxylic acids is 4. The van der Waals surface area contributed by atoms with E-state index < -0.39 is 41.6 Å². The van der Waals surface area contributed by atoms with Crippen molar-refractivity contribution in [1.82, 2.24) is 15.5 Å². The summed E-state index contributed by atoms with van der Waals surface area (Å²) < 4.78 is 10.2. The molecular weight excluding hydrogens is 462 g/mol. The van der Waals surface area contributed by atoms with Gasteiger partial charge >= 0.3 is 12.1 Å². The van der Waals surface area contributed by atoms with Gasteiger partial charge in [-0.05, 0) is 45.2 Å². The lowest BCUT2D eigenvalue weighted by Crippen LogP contribution is -2.54. The van der Waals surface area contributed by atoms with E-state index in [1.54, 1.807) is 52.0 Å². The van der Waals surface area contributed by atoms with E-state index in [0.717, 1.165) is 0 Å². The minimum Gasteiger partial charge on any atom is -0.466 e. The van der Waals surface area contributed by atoms with E-state index in [9.17, 15) is 19.2 Å². The third-order valence-electron chi connectivity index (χ3n) is 5.48. The maximum absolute atomic E-state index is 13.7.